The van der Waals surface area contributed by atoms with Gasteiger partial charge in [-0.1, -0.05) is 24.3 Å². The van der Waals surface area contributed by atoms with Crippen LogP contribution in [0.15, 0.2) is 47.4 Å². The van der Waals surface area contributed by atoms with E-state index in [0.717, 1.165) is 18.4 Å². The Morgan fingerprint density at radius 3 is 2.68 bits per heavy atom. The number of nitrogens with one attached hydrogen (secondary N) is 2. The normalized spacial score (nSPS) is 16.3. The summed E-state index contributed by atoms with van der Waals surface area (Å²) in [5.74, 6) is 0.103. The van der Waals surface area contributed by atoms with Crippen molar-refractivity contribution in [2.45, 2.75) is 30.7 Å². The van der Waals surface area contributed by atoms with Crippen LogP contribution in [0, 0.1) is 0 Å². The molecule has 0 spiro atoms. The summed E-state index contributed by atoms with van der Waals surface area (Å²) in [5.41, 5.74) is 2.51. The van der Waals surface area contributed by atoms with Gasteiger partial charge in [0.25, 0.3) is 0 Å². The molecule has 1 amide bonds. The number of hydrogen-bond acceptors (Lipinski definition) is 4. The molecular formula is C18H20N2O4S. The minimum Gasteiger partial charge on any atom is -0.495 e. The van der Waals surface area contributed by atoms with E-state index in [1.54, 1.807) is 0 Å². The summed E-state index contributed by atoms with van der Waals surface area (Å²) in [6, 6.07) is 12.0. The Morgan fingerprint density at radius 1 is 1.20 bits per heavy atom. The van der Waals surface area contributed by atoms with Gasteiger partial charge in [-0.25, -0.2) is 13.1 Å². The largest absolute Gasteiger partial charge is 0.495 e. The predicted molar refractivity (Wildman–Crippen MR) is 95.1 cm³/mol. The maximum atomic E-state index is 12.8. The first-order chi connectivity index (χ1) is 11.9. The van der Waals surface area contributed by atoms with E-state index < -0.39 is 10.0 Å². The number of carbonyl (C=O) groups excluding carboxylic acids is 1. The predicted octanol–water partition coefficient (Wildman–Crippen LogP) is 2.62. The first-order valence-electron chi connectivity index (χ1n) is 7.96. The van der Waals surface area contributed by atoms with Gasteiger partial charge in [-0.05, 0) is 42.2 Å². The number of fused-ring (bicyclic) bond motifs is 1. The van der Waals surface area contributed by atoms with Crippen molar-refractivity contribution in [3.8, 4) is 5.75 Å². The zero-order chi connectivity index (χ0) is 18.0. The van der Waals surface area contributed by atoms with Crippen molar-refractivity contribution in [3.05, 3.63) is 53.6 Å². The van der Waals surface area contributed by atoms with Gasteiger partial charge in [-0.3, -0.25) is 4.79 Å². The van der Waals surface area contributed by atoms with Crippen LogP contribution >= 0.6 is 0 Å². The number of rotatable bonds is 5. The second kappa shape index (κ2) is 6.85. The molecule has 132 valence electrons. The molecule has 3 rings (SSSR count). The van der Waals surface area contributed by atoms with E-state index >= 15 is 0 Å². The number of methoxy groups -OCH3 is 1. The molecule has 0 bridgehead atoms. The van der Waals surface area contributed by atoms with Crippen molar-refractivity contribution in [3.63, 3.8) is 0 Å². The lowest BCUT2D eigenvalue weighted by Gasteiger charge is -2.16. The zero-order valence-corrected chi connectivity index (χ0v) is 14.9. The van der Waals surface area contributed by atoms with E-state index in [-0.39, 0.29) is 16.8 Å². The molecule has 0 radical (unpaired) electrons. The van der Waals surface area contributed by atoms with E-state index in [1.807, 2.05) is 24.3 Å². The quantitative estimate of drug-likeness (QED) is 0.858. The highest BCUT2D eigenvalue weighted by atomic mass is 32.2. The molecule has 25 heavy (non-hydrogen) atoms. The molecule has 7 heteroatoms. The van der Waals surface area contributed by atoms with Gasteiger partial charge in [0.15, 0.2) is 0 Å². The van der Waals surface area contributed by atoms with Gasteiger partial charge >= 0.3 is 0 Å². The van der Waals surface area contributed by atoms with Crippen molar-refractivity contribution in [2.75, 3.05) is 12.4 Å². The third-order valence-electron chi connectivity index (χ3n) is 4.22. The zero-order valence-electron chi connectivity index (χ0n) is 14.1. The molecule has 1 unspecified atom stereocenters. The van der Waals surface area contributed by atoms with Gasteiger partial charge in [0.2, 0.25) is 15.9 Å². The summed E-state index contributed by atoms with van der Waals surface area (Å²) in [6.45, 7) is 1.36. The molecular weight excluding hydrogens is 340 g/mol. The van der Waals surface area contributed by atoms with Crippen LogP contribution in [0.25, 0.3) is 0 Å². The monoisotopic (exact) mass is 360 g/mol. The SMILES string of the molecule is COc1ccc(S(=O)(=O)NC2CCc3ccccc32)cc1NC(C)=O. The minimum atomic E-state index is -3.73. The van der Waals surface area contributed by atoms with Crippen molar-refractivity contribution < 1.29 is 17.9 Å². The van der Waals surface area contributed by atoms with Crippen molar-refractivity contribution in [2.24, 2.45) is 0 Å². The van der Waals surface area contributed by atoms with Crippen molar-refractivity contribution in [1.82, 2.24) is 4.72 Å². The fourth-order valence-corrected chi connectivity index (χ4v) is 4.35. The molecule has 1 aliphatic carbocycles. The first-order valence-corrected chi connectivity index (χ1v) is 9.45. The molecule has 0 fully saturated rings. The first kappa shape index (κ1) is 17.4. The number of hydrogen-bond donors (Lipinski definition) is 2. The number of sulfonamides is 1. The van der Waals surface area contributed by atoms with Crippen LogP contribution < -0.4 is 14.8 Å². The number of ether oxygens (including phenoxy) is 1. The summed E-state index contributed by atoms with van der Waals surface area (Å²) >= 11 is 0. The van der Waals surface area contributed by atoms with Crippen LogP contribution in [0.2, 0.25) is 0 Å². The standard InChI is InChI=1S/C18H20N2O4S/c1-12(21)19-17-11-14(8-10-18(17)24-2)25(22,23)20-16-9-7-13-5-3-4-6-15(13)16/h3-6,8,10-11,16,20H,7,9H2,1-2H3,(H,19,21). The number of anilines is 1. The van der Waals surface area contributed by atoms with Crippen LogP contribution in [0.4, 0.5) is 5.69 Å². The molecule has 2 aromatic rings. The van der Waals surface area contributed by atoms with Gasteiger partial charge < -0.3 is 10.1 Å². The molecule has 0 saturated carbocycles. The Kier molecular flexibility index (Phi) is 4.78. The Bertz CT molecular complexity index is 909. The average Bonchev–Trinajstić information content (AvgIpc) is 2.97. The Morgan fingerprint density at radius 2 is 1.96 bits per heavy atom. The van der Waals surface area contributed by atoms with Crippen LogP contribution in [0.1, 0.15) is 30.5 Å². The minimum absolute atomic E-state index is 0.0847. The second-order valence-electron chi connectivity index (χ2n) is 5.95. The third kappa shape index (κ3) is 3.67. The molecule has 2 aromatic carbocycles. The van der Waals surface area contributed by atoms with Crippen molar-refractivity contribution >= 4 is 21.6 Å². The van der Waals surface area contributed by atoms with E-state index in [0.29, 0.717) is 11.4 Å². The smallest absolute Gasteiger partial charge is 0.241 e. The second-order valence-corrected chi connectivity index (χ2v) is 7.67. The number of aryl methyl sites for hydroxylation is 1. The van der Waals surface area contributed by atoms with Gasteiger partial charge in [0, 0.05) is 13.0 Å². The van der Waals surface area contributed by atoms with Gasteiger partial charge in [0.05, 0.1) is 17.7 Å². The summed E-state index contributed by atoms with van der Waals surface area (Å²) < 4.78 is 33.5. The fraction of sp³-hybridized carbons (Fsp3) is 0.278. The molecule has 0 saturated heterocycles. The average molecular weight is 360 g/mol. The maximum absolute atomic E-state index is 12.8. The third-order valence-corrected chi connectivity index (χ3v) is 5.69. The molecule has 0 aliphatic heterocycles. The van der Waals surface area contributed by atoms with E-state index in [2.05, 4.69) is 10.0 Å². The topological polar surface area (TPSA) is 84.5 Å². The highest BCUT2D eigenvalue weighted by Crippen LogP contribution is 2.33. The van der Waals surface area contributed by atoms with Crippen LogP contribution in [-0.4, -0.2) is 21.4 Å². The van der Waals surface area contributed by atoms with Gasteiger partial charge in [-0.15, -0.1) is 0 Å². The lowest BCUT2D eigenvalue weighted by molar-refractivity contribution is -0.114. The molecule has 0 aromatic heterocycles. The lowest BCUT2D eigenvalue weighted by atomic mass is 10.1. The summed E-state index contributed by atoms with van der Waals surface area (Å²) in [6.07, 6.45) is 1.58. The van der Waals surface area contributed by atoms with E-state index in [4.69, 9.17) is 4.74 Å². The Balaban J connectivity index is 1.89. The van der Waals surface area contributed by atoms with E-state index in [9.17, 15) is 13.2 Å². The van der Waals surface area contributed by atoms with E-state index in [1.165, 1.54) is 37.8 Å². The highest BCUT2D eigenvalue weighted by Gasteiger charge is 2.27. The Labute approximate surface area is 147 Å². The molecule has 2 N–H and O–H groups in total. The Hall–Kier alpha value is -2.38. The van der Waals surface area contributed by atoms with Gasteiger partial charge in [0.1, 0.15) is 5.75 Å². The molecule has 0 heterocycles. The highest BCUT2D eigenvalue weighted by molar-refractivity contribution is 7.89. The molecule has 1 atom stereocenters. The summed E-state index contributed by atoms with van der Waals surface area (Å²) in [5, 5.41) is 2.59. The number of amides is 1. The molecule has 6 nitrogen and oxygen atoms in total. The van der Waals surface area contributed by atoms with Gasteiger partial charge in [-0.2, -0.15) is 0 Å². The van der Waals surface area contributed by atoms with Crippen molar-refractivity contribution in [1.29, 1.82) is 0 Å². The molecule has 1 aliphatic rings. The number of benzene rings is 2. The maximum Gasteiger partial charge on any atom is 0.241 e. The fourth-order valence-electron chi connectivity index (χ4n) is 3.08. The van der Waals surface area contributed by atoms with Crippen LogP contribution in [-0.2, 0) is 21.2 Å². The summed E-state index contributed by atoms with van der Waals surface area (Å²) in [4.78, 5) is 11.4. The van der Waals surface area contributed by atoms with Crippen LogP contribution in [0.3, 0.4) is 0 Å². The number of carbonyl (C=O) groups is 1. The summed E-state index contributed by atoms with van der Waals surface area (Å²) in [7, 11) is -2.27. The lowest BCUT2D eigenvalue weighted by Crippen LogP contribution is -2.27. The van der Waals surface area contributed by atoms with Crippen LogP contribution in [0.5, 0.6) is 5.75 Å².